The van der Waals surface area contributed by atoms with E-state index >= 15 is 0 Å². The van der Waals surface area contributed by atoms with Gasteiger partial charge in [0.15, 0.2) is 11.0 Å². The van der Waals surface area contributed by atoms with E-state index in [2.05, 4.69) is 20.5 Å². The Morgan fingerprint density at radius 3 is 2.59 bits per heavy atom. The minimum atomic E-state index is -0.213. The van der Waals surface area contributed by atoms with Crippen molar-refractivity contribution in [2.45, 2.75) is 11.7 Å². The number of halogens is 1. The van der Waals surface area contributed by atoms with Crippen molar-refractivity contribution in [1.29, 1.82) is 5.26 Å². The first-order chi connectivity index (χ1) is 15.6. The van der Waals surface area contributed by atoms with Gasteiger partial charge < -0.3 is 5.32 Å². The number of rotatable bonds is 7. The second kappa shape index (κ2) is 10.1. The molecule has 0 radical (unpaired) electrons. The van der Waals surface area contributed by atoms with Gasteiger partial charge in [-0.2, -0.15) is 5.26 Å². The molecule has 2 heterocycles. The van der Waals surface area contributed by atoms with E-state index in [0.717, 1.165) is 11.1 Å². The van der Waals surface area contributed by atoms with E-state index in [1.165, 1.54) is 11.8 Å². The van der Waals surface area contributed by atoms with Crippen molar-refractivity contribution in [3.8, 4) is 17.5 Å². The highest BCUT2D eigenvalue weighted by molar-refractivity contribution is 7.99. The van der Waals surface area contributed by atoms with Gasteiger partial charge in [0.2, 0.25) is 5.91 Å². The lowest BCUT2D eigenvalue weighted by Gasteiger charge is -2.11. The van der Waals surface area contributed by atoms with E-state index in [1.807, 2.05) is 53.1 Å². The van der Waals surface area contributed by atoms with E-state index in [0.29, 0.717) is 33.8 Å². The van der Waals surface area contributed by atoms with Crippen LogP contribution < -0.4 is 5.32 Å². The Morgan fingerprint density at radius 1 is 1.09 bits per heavy atom. The average Bonchev–Trinajstić information content (AvgIpc) is 3.21. The maximum Gasteiger partial charge on any atom is 0.234 e. The number of nitrogens with one attached hydrogen (secondary N) is 1. The molecule has 0 atom stereocenters. The lowest BCUT2D eigenvalue weighted by molar-refractivity contribution is -0.113. The average molecular weight is 461 g/mol. The Morgan fingerprint density at radius 2 is 1.88 bits per heavy atom. The molecule has 0 saturated carbocycles. The predicted octanol–water partition coefficient (Wildman–Crippen LogP) is 4.64. The molecule has 0 aliphatic carbocycles. The highest BCUT2D eigenvalue weighted by atomic mass is 35.5. The van der Waals surface area contributed by atoms with Crippen LogP contribution in [0.15, 0.2) is 78.2 Å². The summed E-state index contributed by atoms with van der Waals surface area (Å²) in [6, 6.07) is 20.5. The monoisotopic (exact) mass is 460 g/mol. The molecule has 0 spiro atoms. The van der Waals surface area contributed by atoms with E-state index in [9.17, 15) is 4.79 Å². The number of hydrogen-bond acceptors (Lipinski definition) is 6. The zero-order valence-electron chi connectivity index (χ0n) is 16.8. The first-order valence-corrected chi connectivity index (χ1v) is 11.0. The SMILES string of the molecule is N#Cc1ccc(NC(=O)CSc2nnc(-c3ccncc3)n2Cc2ccccc2)cc1Cl. The largest absolute Gasteiger partial charge is 0.325 e. The van der Waals surface area contributed by atoms with Crippen molar-refractivity contribution in [2.75, 3.05) is 11.1 Å². The minimum Gasteiger partial charge on any atom is -0.325 e. The summed E-state index contributed by atoms with van der Waals surface area (Å²) in [6.45, 7) is 0.570. The molecule has 2 aromatic heterocycles. The fourth-order valence-corrected chi connectivity index (χ4v) is 3.99. The Hall–Kier alpha value is -3.67. The van der Waals surface area contributed by atoms with Gasteiger partial charge in [-0.1, -0.05) is 53.7 Å². The van der Waals surface area contributed by atoms with Crippen molar-refractivity contribution in [2.24, 2.45) is 0 Å². The summed E-state index contributed by atoms with van der Waals surface area (Å²) in [4.78, 5) is 16.6. The van der Waals surface area contributed by atoms with Crippen molar-refractivity contribution < 1.29 is 4.79 Å². The van der Waals surface area contributed by atoms with Crippen LogP contribution in [0.1, 0.15) is 11.1 Å². The zero-order valence-corrected chi connectivity index (χ0v) is 18.3. The van der Waals surface area contributed by atoms with Crippen LogP contribution in [0.2, 0.25) is 5.02 Å². The van der Waals surface area contributed by atoms with Gasteiger partial charge in [0, 0.05) is 23.6 Å². The van der Waals surface area contributed by atoms with E-state index in [-0.39, 0.29) is 11.7 Å². The first kappa shape index (κ1) is 21.6. The van der Waals surface area contributed by atoms with Crippen LogP contribution >= 0.6 is 23.4 Å². The van der Waals surface area contributed by atoms with Crippen molar-refractivity contribution in [3.63, 3.8) is 0 Å². The highest BCUT2D eigenvalue weighted by Gasteiger charge is 2.16. The number of anilines is 1. The molecule has 0 aliphatic rings. The van der Waals surface area contributed by atoms with Gasteiger partial charge in [-0.05, 0) is 35.9 Å². The Kier molecular flexibility index (Phi) is 6.80. The number of hydrogen-bond donors (Lipinski definition) is 1. The smallest absolute Gasteiger partial charge is 0.234 e. The summed E-state index contributed by atoms with van der Waals surface area (Å²) >= 11 is 7.34. The van der Waals surface area contributed by atoms with Crippen LogP contribution in [0.25, 0.3) is 11.4 Å². The van der Waals surface area contributed by atoms with Gasteiger partial charge in [-0.25, -0.2) is 0 Å². The molecule has 1 N–H and O–H groups in total. The van der Waals surface area contributed by atoms with Crippen LogP contribution in [0.5, 0.6) is 0 Å². The number of nitriles is 1. The highest BCUT2D eigenvalue weighted by Crippen LogP contribution is 2.25. The molecule has 0 bridgehead atoms. The van der Waals surface area contributed by atoms with Crippen molar-refractivity contribution in [1.82, 2.24) is 19.7 Å². The summed E-state index contributed by atoms with van der Waals surface area (Å²) in [5.74, 6) is 0.634. The number of aromatic nitrogens is 4. The standard InChI is InChI=1S/C23H17ClN6OS/c24-20-12-19(7-6-18(20)13-25)27-21(31)15-32-23-29-28-22(17-8-10-26-11-9-17)30(23)14-16-4-2-1-3-5-16/h1-12H,14-15H2,(H,27,31). The topological polar surface area (TPSA) is 96.5 Å². The molecule has 9 heteroatoms. The molecule has 0 unspecified atom stereocenters. The van der Waals surface area contributed by atoms with Gasteiger partial charge in [0.1, 0.15) is 6.07 Å². The van der Waals surface area contributed by atoms with Crippen LogP contribution in [0, 0.1) is 11.3 Å². The summed E-state index contributed by atoms with van der Waals surface area (Å²) in [6.07, 6.45) is 3.42. The maximum atomic E-state index is 12.5. The number of thioether (sulfide) groups is 1. The molecule has 0 aliphatic heterocycles. The normalized spacial score (nSPS) is 10.5. The Balaban J connectivity index is 1.51. The molecule has 2 aromatic carbocycles. The van der Waals surface area contributed by atoms with Crippen LogP contribution in [0.3, 0.4) is 0 Å². The quantitative estimate of drug-likeness (QED) is 0.403. The molecule has 0 fully saturated rings. The number of amides is 1. The number of nitrogens with zero attached hydrogens (tertiary/aromatic N) is 5. The number of benzene rings is 2. The summed E-state index contributed by atoms with van der Waals surface area (Å²) in [7, 11) is 0. The third-order valence-electron chi connectivity index (χ3n) is 4.54. The van der Waals surface area contributed by atoms with Gasteiger partial charge in [0.25, 0.3) is 0 Å². The molecule has 4 rings (SSSR count). The molecule has 158 valence electrons. The van der Waals surface area contributed by atoms with Crippen LogP contribution in [-0.2, 0) is 11.3 Å². The summed E-state index contributed by atoms with van der Waals surface area (Å²) in [5, 5.41) is 21.4. The molecule has 1 amide bonds. The second-order valence-corrected chi connectivity index (χ2v) is 8.11. The molecular weight excluding hydrogens is 444 g/mol. The van der Waals surface area contributed by atoms with Crippen molar-refractivity contribution >= 4 is 35.0 Å². The summed E-state index contributed by atoms with van der Waals surface area (Å²) in [5.41, 5.74) is 2.88. The van der Waals surface area contributed by atoms with Crippen LogP contribution in [0.4, 0.5) is 5.69 Å². The van der Waals surface area contributed by atoms with E-state index in [1.54, 1.807) is 30.6 Å². The van der Waals surface area contributed by atoms with Gasteiger partial charge in [-0.3, -0.25) is 14.3 Å². The van der Waals surface area contributed by atoms with Crippen LogP contribution in [-0.4, -0.2) is 31.4 Å². The van der Waals surface area contributed by atoms with Gasteiger partial charge >= 0.3 is 0 Å². The third kappa shape index (κ3) is 5.14. The number of carbonyl (C=O) groups excluding carboxylic acids is 1. The fraction of sp³-hybridized carbons (Fsp3) is 0.0870. The van der Waals surface area contributed by atoms with Gasteiger partial charge in [-0.15, -0.1) is 10.2 Å². The van der Waals surface area contributed by atoms with Crippen molar-refractivity contribution in [3.05, 3.63) is 89.2 Å². The lowest BCUT2D eigenvalue weighted by Crippen LogP contribution is -2.15. The van der Waals surface area contributed by atoms with Gasteiger partial charge in [0.05, 0.1) is 22.9 Å². The molecule has 4 aromatic rings. The lowest BCUT2D eigenvalue weighted by atomic mass is 10.2. The molecule has 0 saturated heterocycles. The third-order valence-corrected chi connectivity index (χ3v) is 5.82. The molecule has 7 nitrogen and oxygen atoms in total. The molecular formula is C23H17ClN6OS. The zero-order chi connectivity index (χ0) is 22.3. The second-order valence-electron chi connectivity index (χ2n) is 6.76. The number of carbonyl (C=O) groups is 1. The molecule has 32 heavy (non-hydrogen) atoms. The van der Waals surface area contributed by atoms with E-state index < -0.39 is 0 Å². The Labute approximate surface area is 194 Å². The predicted molar refractivity (Wildman–Crippen MR) is 124 cm³/mol. The number of pyridine rings is 1. The maximum absolute atomic E-state index is 12.5. The Bertz CT molecular complexity index is 1270. The minimum absolute atomic E-state index is 0.140. The first-order valence-electron chi connectivity index (χ1n) is 9.64. The fourth-order valence-electron chi connectivity index (χ4n) is 3.03. The van der Waals surface area contributed by atoms with E-state index in [4.69, 9.17) is 16.9 Å². The summed E-state index contributed by atoms with van der Waals surface area (Å²) < 4.78 is 1.99.